The van der Waals surface area contributed by atoms with Crippen LogP contribution >= 0.6 is 0 Å². The lowest BCUT2D eigenvalue weighted by atomic mass is 10.3. The van der Waals surface area contributed by atoms with E-state index in [1.807, 2.05) is 6.92 Å². The smallest absolute Gasteiger partial charge is 0.271 e. The molecule has 4 N–H and O–H groups in total. The first-order chi connectivity index (χ1) is 7.63. The molecule has 1 aromatic heterocycles. The number of rotatable bonds is 5. The Hall–Kier alpha value is -2.18. The standard InChI is InChI=1S/C9H13N5O2/c1-2-11-9(16)6-3-4-8(14-13-6)12-5-7(10)15/h3-4H,2,5H2,1H3,(H2,10,15)(H,11,16)(H,12,14). The van der Waals surface area contributed by atoms with Crippen molar-refractivity contribution in [3.8, 4) is 0 Å². The van der Waals surface area contributed by atoms with E-state index < -0.39 is 5.91 Å². The third kappa shape index (κ3) is 3.52. The Morgan fingerprint density at radius 1 is 1.38 bits per heavy atom. The molecule has 0 atom stereocenters. The van der Waals surface area contributed by atoms with Crippen molar-refractivity contribution >= 4 is 17.6 Å². The van der Waals surface area contributed by atoms with E-state index in [9.17, 15) is 9.59 Å². The summed E-state index contributed by atoms with van der Waals surface area (Å²) in [5.74, 6) is -0.377. The fraction of sp³-hybridized carbons (Fsp3) is 0.333. The Kier molecular flexibility index (Phi) is 4.19. The van der Waals surface area contributed by atoms with Gasteiger partial charge in [-0.05, 0) is 19.1 Å². The Morgan fingerprint density at radius 2 is 2.12 bits per heavy atom. The first-order valence-electron chi connectivity index (χ1n) is 4.77. The number of anilines is 1. The zero-order valence-corrected chi connectivity index (χ0v) is 8.86. The van der Waals surface area contributed by atoms with Crippen molar-refractivity contribution in [2.75, 3.05) is 18.4 Å². The summed E-state index contributed by atoms with van der Waals surface area (Å²) in [6.45, 7) is 2.32. The Balaban J connectivity index is 2.60. The number of primary amides is 1. The molecule has 0 fully saturated rings. The topological polar surface area (TPSA) is 110 Å². The van der Waals surface area contributed by atoms with E-state index >= 15 is 0 Å². The van der Waals surface area contributed by atoms with Crippen molar-refractivity contribution in [2.24, 2.45) is 5.73 Å². The summed E-state index contributed by atoms with van der Waals surface area (Å²) in [4.78, 5) is 21.8. The van der Waals surface area contributed by atoms with Gasteiger partial charge in [-0.25, -0.2) is 0 Å². The highest BCUT2D eigenvalue weighted by Gasteiger charge is 2.06. The highest BCUT2D eigenvalue weighted by Crippen LogP contribution is 2.01. The largest absolute Gasteiger partial charge is 0.368 e. The highest BCUT2D eigenvalue weighted by atomic mass is 16.2. The molecule has 0 aromatic carbocycles. The molecule has 7 heteroatoms. The summed E-state index contributed by atoms with van der Waals surface area (Å²) in [7, 11) is 0. The van der Waals surface area contributed by atoms with Crippen molar-refractivity contribution in [3.05, 3.63) is 17.8 Å². The second-order valence-electron chi connectivity index (χ2n) is 2.98. The number of hydrogen-bond acceptors (Lipinski definition) is 5. The quantitative estimate of drug-likeness (QED) is 0.600. The lowest BCUT2D eigenvalue weighted by Crippen LogP contribution is -2.25. The lowest BCUT2D eigenvalue weighted by molar-refractivity contribution is -0.116. The Bertz CT molecular complexity index is 376. The van der Waals surface area contributed by atoms with Crippen LogP contribution in [0.1, 0.15) is 17.4 Å². The van der Waals surface area contributed by atoms with Crippen LogP contribution in [0.4, 0.5) is 5.82 Å². The van der Waals surface area contributed by atoms with Crippen LogP contribution in [0.15, 0.2) is 12.1 Å². The number of nitrogens with zero attached hydrogens (tertiary/aromatic N) is 2. The van der Waals surface area contributed by atoms with E-state index in [4.69, 9.17) is 5.73 Å². The zero-order valence-electron chi connectivity index (χ0n) is 8.86. The minimum atomic E-state index is -0.491. The van der Waals surface area contributed by atoms with Crippen molar-refractivity contribution < 1.29 is 9.59 Å². The highest BCUT2D eigenvalue weighted by molar-refractivity contribution is 5.92. The van der Waals surface area contributed by atoms with Gasteiger partial charge in [0, 0.05) is 6.54 Å². The molecule has 1 rings (SSSR count). The number of nitrogens with two attached hydrogens (primary N) is 1. The van der Waals surface area contributed by atoms with Crippen LogP contribution in [-0.4, -0.2) is 35.1 Å². The lowest BCUT2D eigenvalue weighted by Gasteiger charge is -2.03. The number of carbonyl (C=O) groups excluding carboxylic acids is 2. The predicted octanol–water partition coefficient (Wildman–Crippen LogP) is -0.876. The molecular weight excluding hydrogens is 210 g/mol. The first kappa shape index (κ1) is 11.9. The molecule has 0 aliphatic carbocycles. The van der Waals surface area contributed by atoms with Gasteiger partial charge in [-0.15, -0.1) is 10.2 Å². The molecule has 1 heterocycles. The maximum atomic E-state index is 11.3. The average molecular weight is 223 g/mol. The van der Waals surface area contributed by atoms with Crippen LogP contribution in [0.25, 0.3) is 0 Å². The molecule has 0 unspecified atom stereocenters. The first-order valence-corrected chi connectivity index (χ1v) is 4.77. The van der Waals surface area contributed by atoms with Crippen LogP contribution < -0.4 is 16.4 Å². The van der Waals surface area contributed by atoms with Gasteiger partial charge in [-0.3, -0.25) is 9.59 Å². The van der Waals surface area contributed by atoms with Crippen LogP contribution in [0, 0.1) is 0 Å². The molecule has 0 radical (unpaired) electrons. The second-order valence-corrected chi connectivity index (χ2v) is 2.98. The number of amides is 2. The van der Waals surface area contributed by atoms with E-state index in [-0.39, 0.29) is 18.1 Å². The molecular formula is C9H13N5O2. The fourth-order valence-electron chi connectivity index (χ4n) is 0.976. The van der Waals surface area contributed by atoms with E-state index in [2.05, 4.69) is 20.8 Å². The number of aromatic nitrogens is 2. The predicted molar refractivity (Wildman–Crippen MR) is 57.7 cm³/mol. The maximum absolute atomic E-state index is 11.3. The molecule has 7 nitrogen and oxygen atoms in total. The molecule has 16 heavy (non-hydrogen) atoms. The summed E-state index contributed by atoms with van der Waals surface area (Å²) in [6, 6.07) is 3.07. The minimum Gasteiger partial charge on any atom is -0.368 e. The summed E-state index contributed by atoms with van der Waals surface area (Å²) in [6.07, 6.45) is 0. The third-order valence-electron chi connectivity index (χ3n) is 1.68. The van der Waals surface area contributed by atoms with Gasteiger partial charge in [0.1, 0.15) is 5.82 Å². The average Bonchev–Trinajstić information content (AvgIpc) is 2.27. The molecule has 0 spiro atoms. The van der Waals surface area contributed by atoms with E-state index in [1.165, 1.54) is 6.07 Å². The Labute approximate surface area is 92.4 Å². The molecule has 0 saturated carbocycles. The number of carbonyl (C=O) groups is 2. The van der Waals surface area contributed by atoms with Gasteiger partial charge in [-0.1, -0.05) is 0 Å². The van der Waals surface area contributed by atoms with Crippen LogP contribution in [0.3, 0.4) is 0 Å². The van der Waals surface area contributed by atoms with Crippen LogP contribution in [0.5, 0.6) is 0 Å². The molecule has 0 aliphatic heterocycles. The SMILES string of the molecule is CCNC(=O)c1ccc(NCC(N)=O)nn1. The van der Waals surface area contributed by atoms with Crippen molar-refractivity contribution in [1.29, 1.82) is 0 Å². The van der Waals surface area contributed by atoms with Gasteiger partial charge < -0.3 is 16.4 Å². The minimum absolute atomic E-state index is 0.0187. The zero-order chi connectivity index (χ0) is 12.0. The van der Waals surface area contributed by atoms with Gasteiger partial charge >= 0.3 is 0 Å². The summed E-state index contributed by atoms with van der Waals surface area (Å²) in [5, 5.41) is 12.7. The fourth-order valence-corrected chi connectivity index (χ4v) is 0.976. The van der Waals surface area contributed by atoms with Crippen LogP contribution in [0.2, 0.25) is 0 Å². The third-order valence-corrected chi connectivity index (χ3v) is 1.68. The molecule has 2 amide bonds. The summed E-state index contributed by atoms with van der Waals surface area (Å²) < 4.78 is 0. The van der Waals surface area contributed by atoms with Gasteiger partial charge in [-0.2, -0.15) is 0 Å². The van der Waals surface area contributed by atoms with Gasteiger partial charge in [0.2, 0.25) is 5.91 Å². The van der Waals surface area contributed by atoms with E-state index in [0.29, 0.717) is 12.4 Å². The van der Waals surface area contributed by atoms with Gasteiger partial charge in [0.15, 0.2) is 5.69 Å². The number of hydrogen-bond donors (Lipinski definition) is 3. The van der Waals surface area contributed by atoms with Gasteiger partial charge in [0.25, 0.3) is 5.91 Å². The molecule has 0 bridgehead atoms. The summed E-state index contributed by atoms with van der Waals surface area (Å²) in [5.41, 5.74) is 5.17. The van der Waals surface area contributed by atoms with Crippen molar-refractivity contribution in [3.63, 3.8) is 0 Å². The van der Waals surface area contributed by atoms with Crippen LogP contribution in [-0.2, 0) is 4.79 Å². The van der Waals surface area contributed by atoms with Crippen molar-refractivity contribution in [1.82, 2.24) is 15.5 Å². The molecule has 0 aliphatic rings. The molecule has 0 saturated heterocycles. The molecule has 1 aromatic rings. The monoisotopic (exact) mass is 223 g/mol. The van der Waals surface area contributed by atoms with E-state index in [0.717, 1.165) is 0 Å². The maximum Gasteiger partial charge on any atom is 0.271 e. The normalized spacial score (nSPS) is 9.56. The molecule has 86 valence electrons. The summed E-state index contributed by atoms with van der Waals surface area (Å²) >= 11 is 0. The van der Waals surface area contributed by atoms with Crippen molar-refractivity contribution in [2.45, 2.75) is 6.92 Å². The number of nitrogens with one attached hydrogen (secondary N) is 2. The van der Waals surface area contributed by atoms with Gasteiger partial charge in [0.05, 0.1) is 6.54 Å². The van der Waals surface area contributed by atoms with E-state index in [1.54, 1.807) is 6.07 Å². The second kappa shape index (κ2) is 5.64. The Morgan fingerprint density at radius 3 is 2.62 bits per heavy atom.